The first-order valence-electron chi connectivity index (χ1n) is 3.29. The monoisotopic (exact) mass is 169 g/mol. The molecule has 1 aliphatic carbocycles. The van der Waals surface area contributed by atoms with E-state index in [1.807, 2.05) is 0 Å². The minimum absolute atomic E-state index is 0. The maximum Gasteiger partial charge on any atom is 1.00 e. The van der Waals surface area contributed by atoms with Crippen molar-refractivity contribution in [2.75, 3.05) is 14.2 Å². The number of carbonyl (C=O) groups excluding carboxylic acids is 2. The highest BCUT2D eigenvalue weighted by Gasteiger charge is 2.20. The summed E-state index contributed by atoms with van der Waals surface area (Å²) < 4.78 is 9.31. The molecule has 0 spiro atoms. The summed E-state index contributed by atoms with van der Waals surface area (Å²) in [6.07, 6.45) is 2.22. The van der Waals surface area contributed by atoms with Gasteiger partial charge in [0.25, 0.3) is 0 Å². The second kappa shape index (κ2) is 3.21. The van der Waals surface area contributed by atoms with Crippen molar-refractivity contribution in [2.45, 2.75) is 0 Å². The van der Waals surface area contributed by atoms with Crippen LogP contribution in [0.3, 0.4) is 0 Å². The molecule has 0 radical (unpaired) electrons. The average molecular weight is 169 g/mol. The fourth-order valence-corrected chi connectivity index (χ4v) is 0.842. The van der Waals surface area contributed by atoms with Crippen molar-refractivity contribution < 1.29 is 20.5 Å². The van der Waals surface area contributed by atoms with Crippen molar-refractivity contribution in [1.29, 1.82) is 0 Å². The zero-order valence-corrected chi connectivity index (χ0v) is 6.79. The molecule has 0 saturated carbocycles. The Bertz CT molecular complexity index is 261. The lowest BCUT2D eigenvalue weighted by Gasteiger charge is -2.09. The van der Waals surface area contributed by atoms with E-state index in [1.54, 1.807) is 0 Å². The highest BCUT2D eigenvalue weighted by atomic mass is 16.5. The molecule has 0 aliphatic heterocycles. The van der Waals surface area contributed by atoms with E-state index in [-0.39, 0.29) is 24.5 Å². The van der Waals surface area contributed by atoms with E-state index in [0.29, 0.717) is 0 Å². The number of rotatable bonds is 2. The minimum Gasteiger partial charge on any atom is -0.493 e. The van der Waals surface area contributed by atoms with Gasteiger partial charge in [-0.3, -0.25) is 9.59 Å². The van der Waals surface area contributed by atoms with E-state index in [2.05, 4.69) is 9.47 Å². The summed E-state index contributed by atoms with van der Waals surface area (Å²) >= 11 is 0. The first-order chi connectivity index (χ1) is 5.69. The highest BCUT2D eigenvalue weighted by molar-refractivity contribution is 6.18. The Morgan fingerprint density at radius 3 is 1.58 bits per heavy atom. The fraction of sp³-hybridized carbons (Fsp3) is 0.250. The Balaban J connectivity index is 0.00000144. The zero-order chi connectivity index (χ0) is 9.14. The molecule has 0 heterocycles. The predicted octanol–water partition coefficient (Wildman–Crippen LogP) is 0.311. The van der Waals surface area contributed by atoms with Gasteiger partial charge in [0.15, 0.2) is 11.5 Å². The number of carbonyl (C=O) groups is 2. The quantitative estimate of drug-likeness (QED) is 0.558. The van der Waals surface area contributed by atoms with Crippen LogP contribution in [0.2, 0.25) is 0 Å². The third-order valence-electron chi connectivity index (χ3n) is 1.45. The number of hydrogen-bond acceptors (Lipinski definition) is 4. The maximum atomic E-state index is 11.0. The van der Waals surface area contributed by atoms with Crippen LogP contribution >= 0.6 is 0 Å². The Morgan fingerprint density at radius 2 is 1.33 bits per heavy atom. The first-order valence-corrected chi connectivity index (χ1v) is 3.29. The highest BCUT2D eigenvalue weighted by Crippen LogP contribution is 2.11. The molecule has 0 bridgehead atoms. The predicted molar refractivity (Wildman–Crippen MR) is 41.3 cm³/mol. The molecule has 0 N–H and O–H groups in total. The summed E-state index contributed by atoms with van der Waals surface area (Å²) in [4.78, 5) is 22.1. The Labute approximate surface area is 70.9 Å². The van der Waals surface area contributed by atoms with Crippen LogP contribution in [0.25, 0.3) is 0 Å². The third-order valence-corrected chi connectivity index (χ3v) is 1.45. The summed E-state index contributed by atoms with van der Waals surface area (Å²) in [6.45, 7) is 0. The zero-order valence-electron chi connectivity index (χ0n) is 7.79. The van der Waals surface area contributed by atoms with Gasteiger partial charge in [0.2, 0.25) is 11.6 Å². The number of ketones is 2. The summed E-state index contributed by atoms with van der Waals surface area (Å²) in [5.74, 6) is -0.621. The molecule has 0 fully saturated rings. The van der Waals surface area contributed by atoms with Crippen LogP contribution < -0.4 is 0 Å². The Hall–Kier alpha value is -1.58. The third kappa shape index (κ3) is 1.37. The van der Waals surface area contributed by atoms with Crippen molar-refractivity contribution in [1.82, 2.24) is 0 Å². The molecule has 0 aromatic heterocycles. The smallest absolute Gasteiger partial charge is 0.493 e. The molecule has 4 nitrogen and oxygen atoms in total. The molecule has 12 heavy (non-hydrogen) atoms. The number of ether oxygens (including phenoxy) is 2. The largest absolute Gasteiger partial charge is 1.00 e. The van der Waals surface area contributed by atoms with Crippen LogP contribution in [0.4, 0.5) is 0 Å². The number of methoxy groups -OCH3 is 2. The van der Waals surface area contributed by atoms with Crippen molar-refractivity contribution in [3.8, 4) is 0 Å². The van der Waals surface area contributed by atoms with Crippen LogP contribution in [-0.4, -0.2) is 25.8 Å². The van der Waals surface area contributed by atoms with Gasteiger partial charge >= 0.3 is 1.43 Å². The maximum absolute atomic E-state index is 11.0. The number of hydrogen-bond donors (Lipinski definition) is 0. The van der Waals surface area contributed by atoms with Gasteiger partial charge < -0.3 is 9.47 Å². The van der Waals surface area contributed by atoms with E-state index in [9.17, 15) is 9.59 Å². The lowest BCUT2D eigenvalue weighted by molar-refractivity contribution is -0.119. The number of allylic oxidation sites excluding steroid dienone is 2. The fourth-order valence-electron chi connectivity index (χ4n) is 0.842. The molecule has 1 aliphatic rings. The lowest BCUT2D eigenvalue weighted by Crippen LogP contribution is -2.15. The standard InChI is InChI=1S/C8H8O4/c1-11-7-3-6(10)8(12-2)4-5(7)9/h3-4H,1-2H3/p+1. The summed E-state index contributed by atoms with van der Waals surface area (Å²) in [5, 5.41) is 0. The first kappa shape index (κ1) is 8.52. The van der Waals surface area contributed by atoms with Crippen LogP contribution in [0.15, 0.2) is 23.7 Å². The van der Waals surface area contributed by atoms with Crippen molar-refractivity contribution in [2.24, 2.45) is 0 Å². The second-order valence-corrected chi connectivity index (χ2v) is 2.15. The van der Waals surface area contributed by atoms with Crippen molar-refractivity contribution >= 4 is 11.6 Å². The van der Waals surface area contributed by atoms with E-state index < -0.39 is 0 Å². The average Bonchev–Trinajstić information content (AvgIpc) is 2.08. The molecule has 4 heteroatoms. The van der Waals surface area contributed by atoms with Gasteiger partial charge in [0.05, 0.1) is 14.2 Å². The van der Waals surface area contributed by atoms with Gasteiger partial charge in [-0.25, -0.2) is 0 Å². The molecule has 0 aromatic carbocycles. The van der Waals surface area contributed by atoms with E-state index >= 15 is 0 Å². The molecular weight excluding hydrogens is 160 g/mol. The van der Waals surface area contributed by atoms with Gasteiger partial charge in [-0.1, -0.05) is 0 Å². The van der Waals surface area contributed by atoms with Crippen LogP contribution in [0.5, 0.6) is 0 Å². The molecule has 1 rings (SSSR count). The van der Waals surface area contributed by atoms with Crippen LogP contribution in [0, 0.1) is 0 Å². The van der Waals surface area contributed by atoms with Gasteiger partial charge in [0, 0.05) is 12.2 Å². The van der Waals surface area contributed by atoms with Gasteiger partial charge in [-0.05, 0) is 0 Å². The molecule has 0 saturated heterocycles. The molecule has 0 atom stereocenters. The summed E-state index contributed by atoms with van der Waals surface area (Å²) in [6, 6.07) is 0. The van der Waals surface area contributed by atoms with Crippen molar-refractivity contribution in [3.63, 3.8) is 0 Å². The Morgan fingerprint density at radius 1 is 1.00 bits per heavy atom. The summed E-state index contributed by atoms with van der Waals surface area (Å²) in [7, 11) is 2.67. The van der Waals surface area contributed by atoms with Crippen LogP contribution in [0.1, 0.15) is 1.43 Å². The normalized spacial score (nSPS) is 16.8. The topological polar surface area (TPSA) is 52.6 Å². The van der Waals surface area contributed by atoms with Gasteiger partial charge in [-0.2, -0.15) is 0 Å². The SMILES string of the molecule is COC1=CC(=O)C(OC)=CC1=O.[H+]. The van der Waals surface area contributed by atoms with E-state index in [0.717, 1.165) is 12.2 Å². The molecule has 64 valence electrons. The molecule has 0 aromatic rings. The van der Waals surface area contributed by atoms with Crippen molar-refractivity contribution in [3.05, 3.63) is 23.7 Å². The second-order valence-electron chi connectivity index (χ2n) is 2.15. The molecule has 0 amide bonds. The molecular formula is C8H9O4+. The van der Waals surface area contributed by atoms with E-state index in [1.165, 1.54) is 14.2 Å². The Kier molecular flexibility index (Phi) is 2.28. The van der Waals surface area contributed by atoms with Gasteiger partial charge in [-0.15, -0.1) is 0 Å². The minimum atomic E-state index is -0.353. The van der Waals surface area contributed by atoms with Crippen LogP contribution in [-0.2, 0) is 19.1 Å². The lowest BCUT2D eigenvalue weighted by atomic mass is 10.1. The summed E-state index contributed by atoms with van der Waals surface area (Å²) in [5.41, 5.74) is 0. The van der Waals surface area contributed by atoms with Gasteiger partial charge in [0.1, 0.15) is 0 Å². The van der Waals surface area contributed by atoms with E-state index in [4.69, 9.17) is 0 Å². The molecule has 0 unspecified atom stereocenters.